The molecule has 0 saturated carbocycles. The molecule has 0 spiro atoms. The molecule has 8 nitrogen and oxygen atoms in total. The number of nitrogens with zero attached hydrogens (tertiary/aromatic N) is 5. The van der Waals surface area contributed by atoms with Crippen molar-refractivity contribution in [2.75, 3.05) is 45.2 Å². The quantitative estimate of drug-likeness (QED) is 0.416. The molecule has 0 radical (unpaired) electrons. The van der Waals surface area contributed by atoms with Crippen molar-refractivity contribution >= 4 is 50.2 Å². The molecule has 6 rings (SSSR count). The van der Waals surface area contributed by atoms with E-state index < -0.39 is 0 Å². The number of amides is 1. The Labute approximate surface area is 208 Å². The minimum Gasteiger partial charge on any atom is -0.363 e. The molecule has 3 aromatic heterocycles. The van der Waals surface area contributed by atoms with Crippen molar-refractivity contribution in [2.45, 2.75) is 12.8 Å². The van der Waals surface area contributed by atoms with E-state index in [1.807, 2.05) is 53.2 Å². The lowest BCUT2D eigenvalue weighted by Crippen LogP contribution is -2.36. The molecule has 1 aliphatic rings. The molecule has 2 aromatic carbocycles. The van der Waals surface area contributed by atoms with Gasteiger partial charge in [0.05, 0.1) is 16.4 Å². The van der Waals surface area contributed by atoms with E-state index in [0.717, 1.165) is 47.3 Å². The number of rotatable bonds is 5. The summed E-state index contributed by atoms with van der Waals surface area (Å²) in [5.41, 5.74) is 2.81. The van der Waals surface area contributed by atoms with E-state index in [1.165, 1.54) is 12.8 Å². The summed E-state index contributed by atoms with van der Waals surface area (Å²) in [4.78, 5) is 36.5. The highest BCUT2D eigenvalue weighted by Gasteiger charge is 2.25. The lowest BCUT2D eigenvalue weighted by atomic mass is 10.1. The predicted molar refractivity (Wildman–Crippen MR) is 145 cm³/mol. The van der Waals surface area contributed by atoms with E-state index >= 15 is 0 Å². The van der Waals surface area contributed by atoms with Gasteiger partial charge in [-0.05, 0) is 61.0 Å². The SMILES string of the molecule is CN(C)c1ccc2c(=O)c(C(=O)NCCN3CCCC3)c3n(C)c4cc5ccccc5cc4n3c2n1. The molecule has 0 bridgehead atoms. The van der Waals surface area contributed by atoms with E-state index in [-0.39, 0.29) is 16.9 Å². The zero-order valence-corrected chi connectivity index (χ0v) is 20.9. The second-order valence-electron chi connectivity index (χ2n) is 9.85. The van der Waals surface area contributed by atoms with Gasteiger partial charge in [-0.15, -0.1) is 0 Å². The van der Waals surface area contributed by atoms with Crippen LogP contribution in [-0.2, 0) is 7.05 Å². The van der Waals surface area contributed by atoms with Crippen molar-refractivity contribution in [2.24, 2.45) is 7.05 Å². The first-order chi connectivity index (χ1) is 17.4. The third kappa shape index (κ3) is 3.52. The highest BCUT2D eigenvalue weighted by Crippen LogP contribution is 2.29. The van der Waals surface area contributed by atoms with Gasteiger partial charge in [0.25, 0.3) is 5.91 Å². The molecular weight excluding hydrogens is 452 g/mol. The molecule has 1 fully saturated rings. The van der Waals surface area contributed by atoms with Crippen LogP contribution in [-0.4, -0.2) is 65.0 Å². The number of hydrogen-bond acceptors (Lipinski definition) is 5. The minimum atomic E-state index is -0.342. The molecule has 4 heterocycles. The fraction of sp³-hybridized carbons (Fsp3) is 0.321. The Kier molecular flexibility index (Phi) is 5.41. The number of anilines is 1. The van der Waals surface area contributed by atoms with Gasteiger partial charge in [0.2, 0.25) is 5.43 Å². The van der Waals surface area contributed by atoms with Crippen molar-refractivity contribution in [3.8, 4) is 0 Å². The molecule has 36 heavy (non-hydrogen) atoms. The van der Waals surface area contributed by atoms with Gasteiger partial charge in [-0.3, -0.25) is 14.0 Å². The van der Waals surface area contributed by atoms with Crippen LogP contribution < -0.4 is 15.6 Å². The van der Waals surface area contributed by atoms with Crippen molar-refractivity contribution in [3.63, 3.8) is 0 Å². The maximum atomic E-state index is 13.8. The lowest BCUT2D eigenvalue weighted by molar-refractivity contribution is 0.0950. The molecule has 1 N–H and O–H groups in total. The highest BCUT2D eigenvalue weighted by molar-refractivity contribution is 6.07. The molecule has 184 valence electrons. The number of carbonyl (C=O) groups is 1. The second kappa shape index (κ2) is 8.64. The van der Waals surface area contributed by atoms with Crippen LogP contribution in [0.2, 0.25) is 0 Å². The summed E-state index contributed by atoms with van der Waals surface area (Å²) >= 11 is 0. The summed E-state index contributed by atoms with van der Waals surface area (Å²) < 4.78 is 3.92. The standard InChI is InChI=1S/C28H30N6O2/c1-31(2)23-11-10-20-25(35)24(27(36)29-12-15-33-13-6-7-14-33)28-32(3)21-16-18-8-4-5-9-19(18)17-22(21)34(28)26(20)30-23/h4-5,8-11,16-17H,6-7,12-15H2,1-3H3,(H,29,36). The zero-order chi connectivity index (χ0) is 25.0. The number of hydrogen-bond donors (Lipinski definition) is 1. The van der Waals surface area contributed by atoms with Crippen LogP contribution in [0, 0.1) is 0 Å². The molecule has 1 amide bonds. The van der Waals surface area contributed by atoms with Gasteiger partial charge in [-0.2, -0.15) is 0 Å². The van der Waals surface area contributed by atoms with Gasteiger partial charge >= 0.3 is 0 Å². The first-order valence-corrected chi connectivity index (χ1v) is 12.5. The van der Waals surface area contributed by atoms with Crippen LogP contribution in [0.5, 0.6) is 0 Å². The second-order valence-corrected chi connectivity index (χ2v) is 9.85. The van der Waals surface area contributed by atoms with E-state index in [4.69, 9.17) is 4.98 Å². The van der Waals surface area contributed by atoms with Crippen LogP contribution >= 0.6 is 0 Å². The van der Waals surface area contributed by atoms with Crippen LogP contribution in [0.1, 0.15) is 23.2 Å². The fourth-order valence-electron chi connectivity index (χ4n) is 5.43. The van der Waals surface area contributed by atoms with Crippen LogP contribution in [0.3, 0.4) is 0 Å². The van der Waals surface area contributed by atoms with Gasteiger partial charge in [0.15, 0.2) is 5.65 Å². The average molecular weight is 483 g/mol. The van der Waals surface area contributed by atoms with Crippen molar-refractivity contribution in [1.82, 2.24) is 24.2 Å². The fourth-order valence-corrected chi connectivity index (χ4v) is 5.43. The maximum absolute atomic E-state index is 13.8. The van der Waals surface area contributed by atoms with E-state index in [0.29, 0.717) is 23.2 Å². The average Bonchev–Trinajstić information content (AvgIpc) is 3.49. The Bertz CT molecular complexity index is 1710. The summed E-state index contributed by atoms with van der Waals surface area (Å²) in [6.45, 7) is 3.43. The number of likely N-dealkylation sites (tertiary alicyclic amines) is 1. The lowest BCUT2D eigenvalue weighted by Gasteiger charge is -2.16. The third-order valence-corrected chi connectivity index (χ3v) is 7.34. The minimum absolute atomic E-state index is 0.158. The Morgan fingerprint density at radius 1 is 1.03 bits per heavy atom. The van der Waals surface area contributed by atoms with Gasteiger partial charge in [-0.25, -0.2) is 4.98 Å². The number of benzene rings is 2. The Morgan fingerprint density at radius 3 is 2.42 bits per heavy atom. The topological polar surface area (TPSA) is 74.9 Å². The van der Waals surface area contributed by atoms with E-state index in [1.54, 1.807) is 6.07 Å². The number of pyridine rings is 2. The first kappa shape index (κ1) is 22.5. The first-order valence-electron chi connectivity index (χ1n) is 12.5. The number of carbonyl (C=O) groups excluding carboxylic acids is 1. The number of imidazole rings is 1. The summed E-state index contributed by atoms with van der Waals surface area (Å²) in [6, 6.07) is 16.0. The van der Waals surface area contributed by atoms with Gasteiger partial charge in [0.1, 0.15) is 17.0 Å². The van der Waals surface area contributed by atoms with Crippen LogP contribution in [0.15, 0.2) is 53.3 Å². The third-order valence-electron chi connectivity index (χ3n) is 7.34. The smallest absolute Gasteiger partial charge is 0.259 e. The number of fused-ring (bicyclic) bond motifs is 6. The van der Waals surface area contributed by atoms with Crippen molar-refractivity contribution in [1.29, 1.82) is 0 Å². The highest BCUT2D eigenvalue weighted by atomic mass is 16.2. The zero-order valence-electron chi connectivity index (χ0n) is 20.9. The normalized spacial score (nSPS) is 14.4. The van der Waals surface area contributed by atoms with Crippen molar-refractivity contribution in [3.05, 3.63) is 64.3 Å². The predicted octanol–water partition coefficient (Wildman–Crippen LogP) is 3.38. The number of aromatic nitrogens is 3. The molecule has 1 saturated heterocycles. The maximum Gasteiger partial charge on any atom is 0.259 e. The molecule has 1 aliphatic heterocycles. The molecule has 8 heteroatoms. The number of nitrogens with one attached hydrogen (secondary N) is 1. The van der Waals surface area contributed by atoms with E-state index in [9.17, 15) is 9.59 Å². The monoisotopic (exact) mass is 482 g/mol. The summed E-state index contributed by atoms with van der Waals surface area (Å²) in [6.07, 6.45) is 2.40. The van der Waals surface area contributed by atoms with Crippen LogP contribution in [0.25, 0.3) is 38.5 Å². The van der Waals surface area contributed by atoms with Gasteiger partial charge < -0.3 is 19.7 Å². The molecule has 5 aromatic rings. The molecule has 0 aliphatic carbocycles. The largest absolute Gasteiger partial charge is 0.363 e. The molecular formula is C28H30N6O2. The summed E-state index contributed by atoms with van der Waals surface area (Å²) in [7, 11) is 5.76. The Hall–Kier alpha value is -3.91. The number of aryl methyl sites for hydroxylation is 1. The molecule has 0 unspecified atom stereocenters. The van der Waals surface area contributed by atoms with Crippen LogP contribution in [0.4, 0.5) is 5.82 Å². The van der Waals surface area contributed by atoms with Gasteiger partial charge in [0, 0.05) is 34.2 Å². The Morgan fingerprint density at radius 2 is 1.72 bits per heavy atom. The van der Waals surface area contributed by atoms with Gasteiger partial charge in [-0.1, -0.05) is 24.3 Å². The Balaban J connectivity index is 1.62. The summed E-state index contributed by atoms with van der Waals surface area (Å²) in [5, 5.41) is 5.64. The van der Waals surface area contributed by atoms with E-state index in [2.05, 4.69) is 34.5 Å². The summed E-state index contributed by atoms with van der Waals surface area (Å²) in [5.74, 6) is 0.405. The van der Waals surface area contributed by atoms with Crippen molar-refractivity contribution < 1.29 is 4.79 Å². The molecule has 0 atom stereocenters.